The van der Waals surface area contributed by atoms with Crippen molar-refractivity contribution in [1.29, 1.82) is 0 Å². The highest BCUT2D eigenvalue weighted by Gasteiger charge is 2.16. The quantitative estimate of drug-likeness (QED) is 0.326. The first kappa shape index (κ1) is 23.3. The molecule has 0 saturated heterocycles. The van der Waals surface area contributed by atoms with Crippen molar-refractivity contribution < 1.29 is 23.6 Å². The van der Waals surface area contributed by atoms with Gasteiger partial charge in [-0.1, -0.05) is 47.6 Å². The minimum atomic E-state index is -0.892. The Morgan fingerprint density at radius 1 is 1.03 bits per heavy atom. The highest BCUT2D eigenvalue weighted by Crippen LogP contribution is 2.32. The number of hydrogen-bond donors (Lipinski definition) is 1. The average Bonchev–Trinajstić information content (AvgIpc) is 3.31. The van der Waals surface area contributed by atoms with Crippen molar-refractivity contribution in [1.82, 2.24) is 10.1 Å². The lowest BCUT2D eigenvalue weighted by Gasteiger charge is -2.12. The molecule has 0 saturated carbocycles. The van der Waals surface area contributed by atoms with E-state index in [0.717, 1.165) is 22.3 Å². The Hall–Kier alpha value is -3.84. The van der Waals surface area contributed by atoms with Crippen molar-refractivity contribution in [3.63, 3.8) is 0 Å². The molecule has 0 spiro atoms. The molecule has 34 heavy (non-hydrogen) atoms. The van der Waals surface area contributed by atoms with E-state index in [-0.39, 0.29) is 12.2 Å². The first-order chi connectivity index (χ1) is 16.5. The molecule has 1 N–H and O–H groups in total. The summed E-state index contributed by atoms with van der Waals surface area (Å²) >= 11 is 0. The van der Waals surface area contributed by atoms with Crippen LogP contribution in [0.2, 0.25) is 0 Å². The number of hydrogen-bond acceptors (Lipinski definition) is 5. The van der Waals surface area contributed by atoms with E-state index in [1.807, 2.05) is 30.3 Å². The number of benzene rings is 3. The van der Waals surface area contributed by atoms with E-state index in [1.165, 1.54) is 11.6 Å². The molecular weight excluding hydrogens is 435 g/mol. The van der Waals surface area contributed by atoms with Crippen LogP contribution in [0.3, 0.4) is 0 Å². The first-order valence-corrected chi connectivity index (χ1v) is 11.0. The van der Waals surface area contributed by atoms with Crippen LogP contribution >= 0.6 is 0 Å². The molecule has 0 amide bonds. The monoisotopic (exact) mass is 460 g/mol. The molecule has 0 atom stereocenters. The second kappa shape index (κ2) is 10.4. The Morgan fingerprint density at radius 3 is 2.56 bits per heavy atom. The summed E-state index contributed by atoms with van der Waals surface area (Å²) in [6.07, 6.45) is 0.731. The molecule has 3 aromatic carbocycles. The van der Waals surface area contributed by atoms with Crippen molar-refractivity contribution in [3.8, 4) is 34.0 Å². The van der Waals surface area contributed by atoms with Gasteiger partial charge in [-0.05, 0) is 65.8 Å². The van der Waals surface area contributed by atoms with E-state index in [2.05, 4.69) is 29.2 Å². The van der Waals surface area contributed by atoms with E-state index in [9.17, 15) is 9.18 Å². The van der Waals surface area contributed by atoms with E-state index in [1.54, 1.807) is 19.2 Å². The summed E-state index contributed by atoms with van der Waals surface area (Å²) in [6.45, 7) is 2.49. The van der Waals surface area contributed by atoms with Crippen LogP contribution in [0.5, 0.6) is 0 Å². The maximum Gasteiger partial charge on any atom is 0.303 e. The Bertz CT molecular complexity index is 1320. The van der Waals surface area contributed by atoms with Gasteiger partial charge in [-0.2, -0.15) is 4.98 Å². The number of ether oxygens (including phenoxy) is 1. The van der Waals surface area contributed by atoms with Crippen LogP contribution < -0.4 is 0 Å². The lowest BCUT2D eigenvalue weighted by atomic mass is 9.94. The minimum absolute atomic E-state index is 0.00306. The number of carboxylic acid groups (broad SMARTS) is 1. The number of methoxy groups -OCH3 is 1. The molecule has 7 heteroatoms. The van der Waals surface area contributed by atoms with Crippen molar-refractivity contribution in [2.75, 3.05) is 7.11 Å². The maximum absolute atomic E-state index is 14.5. The highest BCUT2D eigenvalue weighted by atomic mass is 19.1. The fourth-order valence-electron chi connectivity index (χ4n) is 3.92. The third-order valence-electron chi connectivity index (χ3n) is 5.66. The summed E-state index contributed by atoms with van der Waals surface area (Å²) in [5.41, 5.74) is 6.06. The lowest BCUT2D eigenvalue weighted by Crippen LogP contribution is -1.98. The summed E-state index contributed by atoms with van der Waals surface area (Å²) in [6, 6.07) is 18.8. The number of carboxylic acids is 1. The van der Waals surface area contributed by atoms with E-state index in [4.69, 9.17) is 14.4 Å². The van der Waals surface area contributed by atoms with Gasteiger partial charge in [0.1, 0.15) is 5.82 Å². The third kappa shape index (κ3) is 5.21. The summed E-state index contributed by atoms with van der Waals surface area (Å²) < 4.78 is 25.4. The van der Waals surface area contributed by atoms with E-state index in [0.29, 0.717) is 36.5 Å². The normalized spacial score (nSPS) is 11.0. The standard InChI is InChI=1S/C27H25FN2O4/c1-17-6-3-4-8-22(17)23-13-12-20(14-21(23)16-33-2)27-29-26(30-34-27)19-11-10-18(24(28)15-19)7-5-9-25(31)32/h3-4,6,8,10-15H,5,7,9,16H2,1-2H3,(H,31,32). The van der Waals surface area contributed by atoms with Crippen LogP contribution in [-0.2, 0) is 22.6 Å². The van der Waals surface area contributed by atoms with Crippen molar-refractivity contribution in [3.05, 3.63) is 83.2 Å². The van der Waals surface area contributed by atoms with E-state index >= 15 is 0 Å². The predicted octanol–water partition coefficient (Wildman–Crippen LogP) is 6.07. The SMILES string of the molecule is COCc1cc(-c2nc(-c3ccc(CCCC(=O)O)c(F)c3)no2)ccc1-c1ccccc1C. The Morgan fingerprint density at radius 2 is 1.82 bits per heavy atom. The summed E-state index contributed by atoms with van der Waals surface area (Å²) in [7, 11) is 1.65. The number of rotatable bonds is 9. The molecule has 4 aromatic rings. The van der Waals surface area contributed by atoms with Crippen LogP contribution in [0.25, 0.3) is 34.0 Å². The summed E-state index contributed by atoms with van der Waals surface area (Å²) in [5, 5.41) is 12.8. The third-order valence-corrected chi connectivity index (χ3v) is 5.66. The average molecular weight is 461 g/mol. The zero-order valence-electron chi connectivity index (χ0n) is 19.0. The molecule has 0 radical (unpaired) electrons. The van der Waals surface area contributed by atoms with E-state index < -0.39 is 11.8 Å². The second-order valence-corrected chi connectivity index (χ2v) is 8.10. The smallest absolute Gasteiger partial charge is 0.303 e. The molecule has 4 rings (SSSR count). The summed E-state index contributed by atoms with van der Waals surface area (Å²) in [5.74, 6) is -0.701. The van der Waals surface area contributed by atoms with Crippen LogP contribution in [0.1, 0.15) is 29.5 Å². The summed E-state index contributed by atoms with van der Waals surface area (Å²) in [4.78, 5) is 15.1. The fraction of sp³-hybridized carbons (Fsp3) is 0.222. The molecule has 174 valence electrons. The number of carbonyl (C=O) groups is 1. The van der Waals surface area contributed by atoms with Crippen LogP contribution in [0.4, 0.5) is 4.39 Å². The molecule has 0 bridgehead atoms. The second-order valence-electron chi connectivity index (χ2n) is 8.10. The molecule has 1 heterocycles. The number of aryl methyl sites for hydroxylation is 2. The minimum Gasteiger partial charge on any atom is -0.481 e. The zero-order chi connectivity index (χ0) is 24.1. The van der Waals surface area contributed by atoms with Gasteiger partial charge in [0.05, 0.1) is 6.61 Å². The Kier molecular flexibility index (Phi) is 7.13. The van der Waals surface area contributed by atoms with Crippen LogP contribution in [0.15, 0.2) is 65.2 Å². The number of aromatic nitrogens is 2. The van der Waals surface area contributed by atoms with Gasteiger partial charge in [0.2, 0.25) is 5.82 Å². The number of halogens is 1. The Balaban J connectivity index is 1.59. The molecule has 0 aliphatic heterocycles. The zero-order valence-corrected chi connectivity index (χ0v) is 19.0. The lowest BCUT2D eigenvalue weighted by molar-refractivity contribution is -0.137. The highest BCUT2D eigenvalue weighted by molar-refractivity contribution is 5.74. The Labute approximate surface area is 197 Å². The van der Waals surface area contributed by atoms with Crippen molar-refractivity contribution in [2.45, 2.75) is 32.8 Å². The van der Waals surface area contributed by atoms with Crippen LogP contribution in [-0.4, -0.2) is 28.3 Å². The number of aliphatic carboxylic acids is 1. The molecule has 0 unspecified atom stereocenters. The van der Waals surface area contributed by atoms with Gasteiger partial charge in [0.15, 0.2) is 0 Å². The molecule has 6 nitrogen and oxygen atoms in total. The first-order valence-electron chi connectivity index (χ1n) is 11.0. The van der Waals surface area contributed by atoms with Crippen LogP contribution in [0, 0.1) is 12.7 Å². The van der Waals surface area contributed by atoms with Crippen molar-refractivity contribution in [2.24, 2.45) is 0 Å². The molecule has 1 aromatic heterocycles. The molecule has 0 aliphatic carbocycles. The largest absolute Gasteiger partial charge is 0.481 e. The van der Waals surface area contributed by atoms with Gasteiger partial charge in [-0.3, -0.25) is 4.79 Å². The topological polar surface area (TPSA) is 85.5 Å². The van der Waals surface area contributed by atoms with Gasteiger partial charge >= 0.3 is 5.97 Å². The van der Waals surface area contributed by atoms with Gasteiger partial charge in [0, 0.05) is 24.7 Å². The predicted molar refractivity (Wildman–Crippen MR) is 127 cm³/mol. The van der Waals surface area contributed by atoms with Gasteiger partial charge in [-0.15, -0.1) is 0 Å². The maximum atomic E-state index is 14.5. The van der Waals surface area contributed by atoms with Gasteiger partial charge in [0.25, 0.3) is 5.89 Å². The molecular formula is C27H25FN2O4. The van der Waals surface area contributed by atoms with Crippen molar-refractivity contribution >= 4 is 5.97 Å². The van der Waals surface area contributed by atoms with Gasteiger partial charge < -0.3 is 14.4 Å². The number of nitrogens with zero attached hydrogens (tertiary/aromatic N) is 2. The molecule has 0 aliphatic rings. The fourth-order valence-corrected chi connectivity index (χ4v) is 3.92. The van der Waals surface area contributed by atoms with Gasteiger partial charge in [-0.25, -0.2) is 4.39 Å². The molecule has 0 fully saturated rings.